The second-order valence-electron chi connectivity index (χ2n) is 20.6. The third-order valence-electron chi connectivity index (χ3n) is 14.0. The van der Waals surface area contributed by atoms with Gasteiger partial charge in [0.1, 0.15) is 11.2 Å². The maximum atomic E-state index is 5.95. The van der Waals surface area contributed by atoms with Gasteiger partial charge in [-0.25, -0.2) is 0 Å². The molecule has 0 saturated heterocycles. The average molecular weight is 835 g/mol. The molecule has 0 atom stereocenters. The van der Waals surface area contributed by atoms with E-state index in [1.165, 1.54) is 101 Å². The van der Waals surface area contributed by atoms with Gasteiger partial charge in [-0.05, 0) is 172 Å². The van der Waals surface area contributed by atoms with Gasteiger partial charge in [-0.15, -0.1) is 0 Å². The monoisotopic (exact) mass is 834 g/mol. The predicted octanol–water partition coefficient (Wildman–Crippen LogP) is 14.7. The van der Waals surface area contributed by atoms with Gasteiger partial charge in [-0.2, -0.15) is 0 Å². The lowest BCUT2D eigenvalue weighted by molar-refractivity contribution is 0.589. The normalized spacial score (nSPS) is 13.5. The Kier molecular flexibility index (Phi) is 8.86. The average Bonchev–Trinajstić information content (AvgIpc) is 3.93. The van der Waals surface area contributed by atoms with Crippen molar-refractivity contribution in [1.82, 2.24) is 0 Å². The van der Waals surface area contributed by atoms with Crippen LogP contribution in [0.5, 0.6) is 0 Å². The zero-order chi connectivity index (χ0) is 44.6. The fourth-order valence-corrected chi connectivity index (χ4v) is 10.7. The molecule has 0 amide bonds. The highest BCUT2D eigenvalue weighted by atomic mass is 16.3. The molecule has 316 valence electrons. The van der Waals surface area contributed by atoms with Crippen molar-refractivity contribution in [3.8, 4) is 22.3 Å². The topological polar surface area (TPSA) is 32.8 Å². The SMILES string of the molecule is Cc1cc2c3c(c1)N(c1c(C)cc(C(C)(C)C)cc1C)c1ccc(-c4ccc5ccoc5c4)cc1B3c1cc(-c3ccc4ccoc4c3)ccc1N2c1c(C)cc(C(C)(C)C)cc1C. The largest absolute Gasteiger partial charge is 0.464 e. The minimum absolute atomic E-state index is 0.0209. The van der Waals surface area contributed by atoms with Crippen LogP contribution in [-0.4, -0.2) is 6.71 Å². The van der Waals surface area contributed by atoms with Crippen LogP contribution in [0.15, 0.2) is 143 Å². The van der Waals surface area contributed by atoms with Crippen molar-refractivity contribution < 1.29 is 8.83 Å². The third kappa shape index (κ3) is 6.26. The summed E-state index contributed by atoms with van der Waals surface area (Å²) in [4.78, 5) is 5.18. The highest BCUT2D eigenvalue weighted by molar-refractivity contribution is 7.00. The summed E-state index contributed by atoms with van der Waals surface area (Å²) in [5, 5.41) is 2.21. The second-order valence-corrected chi connectivity index (χ2v) is 20.6. The van der Waals surface area contributed by atoms with Crippen molar-refractivity contribution in [2.75, 3.05) is 9.80 Å². The Balaban J connectivity index is 1.24. The van der Waals surface area contributed by atoms with Crippen LogP contribution in [-0.2, 0) is 10.8 Å². The van der Waals surface area contributed by atoms with Crippen molar-refractivity contribution in [3.63, 3.8) is 0 Å². The van der Waals surface area contributed by atoms with E-state index >= 15 is 0 Å². The highest BCUT2D eigenvalue weighted by Crippen LogP contribution is 2.49. The van der Waals surface area contributed by atoms with Gasteiger partial charge in [-0.1, -0.05) is 114 Å². The van der Waals surface area contributed by atoms with Gasteiger partial charge in [0.15, 0.2) is 0 Å². The van der Waals surface area contributed by atoms with E-state index in [2.05, 4.69) is 195 Å². The molecular weight excluding hydrogens is 779 g/mol. The summed E-state index contributed by atoms with van der Waals surface area (Å²) in [7, 11) is 0. The molecule has 4 heterocycles. The van der Waals surface area contributed by atoms with Crippen molar-refractivity contribution in [2.24, 2.45) is 0 Å². The lowest BCUT2D eigenvalue weighted by atomic mass is 9.33. The number of rotatable bonds is 4. The lowest BCUT2D eigenvalue weighted by Gasteiger charge is -2.46. The Labute approximate surface area is 378 Å². The van der Waals surface area contributed by atoms with Crippen LogP contribution < -0.4 is 26.2 Å². The van der Waals surface area contributed by atoms with Crippen LogP contribution in [0.1, 0.15) is 80.5 Å². The van der Waals surface area contributed by atoms with Gasteiger partial charge in [-0.3, -0.25) is 0 Å². The summed E-state index contributed by atoms with van der Waals surface area (Å²) < 4.78 is 11.9. The standard InChI is InChI=1S/C59H55BN2O2/c1-34-24-51-55-52(25-34)62(57-37(4)28-46(29-38(57)5)59(9,10)11)50-19-17-42(44-15-13-40-21-23-64-54(40)33-44)31-48(50)60(55)47-30-41(43-14-12-39-20-22-63-53(39)32-43)16-18-49(47)61(51)56-35(2)26-45(27-36(56)3)58(6,7)8/h12-33H,1-11H3. The number of aryl methyl sites for hydroxylation is 5. The molecule has 0 unspecified atom stereocenters. The van der Waals surface area contributed by atoms with Gasteiger partial charge in [0, 0.05) is 33.5 Å². The van der Waals surface area contributed by atoms with Gasteiger partial charge in [0.05, 0.1) is 23.9 Å². The number of fused-ring (bicyclic) bond motifs is 6. The quantitative estimate of drug-likeness (QED) is 0.165. The van der Waals surface area contributed by atoms with E-state index in [4.69, 9.17) is 8.83 Å². The number of furan rings is 2. The maximum absolute atomic E-state index is 5.95. The number of hydrogen-bond acceptors (Lipinski definition) is 4. The number of benzene rings is 7. The fraction of sp³-hybridized carbons (Fsp3) is 0.220. The van der Waals surface area contributed by atoms with E-state index in [1.54, 1.807) is 12.5 Å². The van der Waals surface area contributed by atoms with Crippen LogP contribution in [0.3, 0.4) is 0 Å². The Bertz CT molecular complexity index is 3120. The first-order valence-corrected chi connectivity index (χ1v) is 22.7. The van der Waals surface area contributed by atoms with E-state index in [1.807, 2.05) is 12.1 Å². The first-order chi connectivity index (χ1) is 30.5. The minimum atomic E-state index is -0.0633. The summed E-state index contributed by atoms with van der Waals surface area (Å²) in [5.41, 5.74) is 26.7. The molecular formula is C59H55BN2O2. The van der Waals surface area contributed by atoms with Crippen LogP contribution in [0.2, 0.25) is 0 Å². The van der Waals surface area contributed by atoms with Gasteiger partial charge < -0.3 is 18.6 Å². The summed E-state index contributed by atoms with van der Waals surface area (Å²) >= 11 is 0. The molecule has 2 aromatic heterocycles. The molecule has 0 N–H and O–H groups in total. The molecule has 11 rings (SSSR count). The maximum Gasteiger partial charge on any atom is 0.252 e. The first kappa shape index (κ1) is 40.1. The number of anilines is 6. The van der Waals surface area contributed by atoms with Crippen molar-refractivity contribution in [2.45, 2.75) is 87.0 Å². The molecule has 7 aromatic carbocycles. The summed E-state index contributed by atoms with van der Waals surface area (Å²) in [6.07, 6.45) is 3.56. The zero-order valence-electron chi connectivity index (χ0n) is 39.0. The van der Waals surface area contributed by atoms with E-state index in [0.717, 1.165) is 33.1 Å². The minimum Gasteiger partial charge on any atom is -0.464 e. The van der Waals surface area contributed by atoms with Crippen LogP contribution in [0.25, 0.3) is 44.2 Å². The molecule has 0 radical (unpaired) electrons. The lowest BCUT2D eigenvalue weighted by Crippen LogP contribution is -2.61. The molecule has 2 aliphatic heterocycles. The molecule has 0 aliphatic carbocycles. The van der Waals surface area contributed by atoms with E-state index < -0.39 is 0 Å². The number of nitrogens with zero attached hydrogens (tertiary/aromatic N) is 2. The van der Waals surface area contributed by atoms with Crippen molar-refractivity contribution >= 4 is 79.2 Å². The van der Waals surface area contributed by atoms with Crippen molar-refractivity contribution in [3.05, 3.63) is 173 Å². The van der Waals surface area contributed by atoms with Crippen LogP contribution in [0, 0.1) is 34.6 Å². The van der Waals surface area contributed by atoms with Gasteiger partial charge >= 0.3 is 0 Å². The Hall–Kier alpha value is -6.72. The van der Waals surface area contributed by atoms with Gasteiger partial charge in [0.25, 0.3) is 6.71 Å². The first-order valence-electron chi connectivity index (χ1n) is 22.7. The van der Waals surface area contributed by atoms with E-state index in [9.17, 15) is 0 Å². The zero-order valence-corrected chi connectivity index (χ0v) is 39.0. The molecule has 0 saturated carbocycles. The Morgan fingerprint density at radius 1 is 0.406 bits per heavy atom. The molecule has 0 fully saturated rings. The third-order valence-corrected chi connectivity index (χ3v) is 14.0. The summed E-state index contributed by atoms with van der Waals surface area (Å²) in [5.74, 6) is 0. The summed E-state index contributed by atoms with van der Waals surface area (Å²) in [6, 6.07) is 46.1. The second kappa shape index (κ2) is 14.1. The molecule has 0 spiro atoms. The van der Waals surface area contributed by atoms with Crippen LogP contribution in [0.4, 0.5) is 34.1 Å². The summed E-state index contributed by atoms with van der Waals surface area (Å²) in [6.45, 7) is 25.3. The molecule has 2 aliphatic rings. The molecule has 0 bridgehead atoms. The van der Waals surface area contributed by atoms with Crippen LogP contribution >= 0.6 is 0 Å². The van der Waals surface area contributed by atoms with Crippen molar-refractivity contribution in [1.29, 1.82) is 0 Å². The molecule has 4 nitrogen and oxygen atoms in total. The smallest absolute Gasteiger partial charge is 0.252 e. The molecule has 9 aromatic rings. The van der Waals surface area contributed by atoms with E-state index in [0.29, 0.717) is 0 Å². The molecule has 64 heavy (non-hydrogen) atoms. The predicted molar refractivity (Wildman–Crippen MR) is 272 cm³/mol. The Morgan fingerprint density at radius 2 is 0.781 bits per heavy atom. The highest BCUT2D eigenvalue weighted by Gasteiger charge is 2.45. The van der Waals surface area contributed by atoms with E-state index in [-0.39, 0.29) is 17.5 Å². The van der Waals surface area contributed by atoms with Gasteiger partial charge in [0.2, 0.25) is 0 Å². The fourth-order valence-electron chi connectivity index (χ4n) is 10.7. The number of hydrogen-bond donors (Lipinski definition) is 0. The molecule has 5 heteroatoms. The Morgan fingerprint density at radius 3 is 1.17 bits per heavy atom.